The van der Waals surface area contributed by atoms with E-state index in [1.54, 1.807) is 24.1 Å². The van der Waals surface area contributed by atoms with Crippen LogP contribution in [0.25, 0.3) is 0 Å². The van der Waals surface area contributed by atoms with Crippen LogP contribution >= 0.6 is 15.9 Å². The number of benzene rings is 2. The summed E-state index contributed by atoms with van der Waals surface area (Å²) in [4.78, 5) is 14.8. The topological polar surface area (TPSA) is 48.0 Å². The fraction of sp³-hybridized carbons (Fsp3) is 0.278. The van der Waals surface area contributed by atoms with E-state index >= 15 is 0 Å². The van der Waals surface area contributed by atoms with Crippen molar-refractivity contribution in [2.75, 3.05) is 31.8 Å². The number of carbonyl (C=O) groups is 1. The smallest absolute Gasteiger partial charge is 0.258 e. The van der Waals surface area contributed by atoms with E-state index in [4.69, 9.17) is 14.2 Å². The van der Waals surface area contributed by atoms with Gasteiger partial charge in [0, 0.05) is 22.3 Å². The molecule has 124 valence electrons. The highest BCUT2D eigenvalue weighted by atomic mass is 79.9. The Kier molecular flexibility index (Phi) is 3.84. The number of halogens is 1. The molecule has 5 nitrogen and oxygen atoms in total. The molecule has 0 radical (unpaired) electrons. The number of rotatable bonds is 2. The van der Waals surface area contributed by atoms with Gasteiger partial charge in [-0.15, -0.1) is 0 Å². The zero-order valence-corrected chi connectivity index (χ0v) is 14.8. The number of methoxy groups -OCH3 is 1. The SMILES string of the molecule is COc1cc(C(=O)N2CCc3cc(Br)ccc32)cc2c1OCCO2. The van der Waals surface area contributed by atoms with E-state index in [2.05, 4.69) is 22.0 Å². The third-order valence-electron chi connectivity index (χ3n) is 4.26. The van der Waals surface area contributed by atoms with E-state index in [1.165, 1.54) is 5.56 Å². The first-order valence-electron chi connectivity index (χ1n) is 7.75. The average Bonchev–Trinajstić information content (AvgIpc) is 3.02. The molecule has 24 heavy (non-hydrogen) atoms. The molecular formula is C18H16BrNO4. The van der Waals surface area contributed by atoms with Gasteiger partial charge in [0.05, 0.1) is 7.11 Å². The highest BCUT2D eigenvalue weighted by Gasteiger charge is 2.28. The number of anilines is 1. The molecule has 0 bridgehead atoms. The second kappa shape index (κ2) is 6.02. The van der Waals surface area contributed by atoms with Crippen molar-refractivity contribution in [1.29, 1.82) is 0 Å². The van der Waals surface area contributed by atoms with Crippen molar-refractivity contribution >= 4 is 27.5 Å². The number of carbonyl (C=O) groups excluding carboxylic acids is 1. The van der Waals surface area contributed by atoms with Crippen molar-refractivity contribution in [2.45, 2.75) is 6.42 Å². The summed E-state index contributed by atoms with van der Waals surface area (Å²) in [5.74, 6) is 1.57. The van der Waals surface area contributed by atoms with E-state index in [0.717, 1.165) is 16.6 Å². The molecule has 2 heterocycles. The monoisotopic (exact) mass is 389 g/mol. The average molecular weight is 390 g/mol. The van der Waals surface area contributed by atoms with Crippen LogP contribution in [0.2, 0.25) is 0 Å². The molecule has 4 rings (SSSR count). The lowest BCUT2D eigenvalue weighted by atomic mass is 10.1. The molecule has 1 amide bonds. The summed E-state index contributed by atoms with van der Waals surface area (Å²) in [6.07, 6.45) is 0.849. The highest BCUT2D eigenvalue weighted by Crippen LogP contribution is 2.41. The first-order valence-corrected chi connectivity index (χ1v) is 8.54. The summed E-state index contributed by atoms with van der Waals surface area (Å²) in [5.41, 5.74) is 2.66. The van der Waals surface area contributed by atoms with Crippen molar-refractivity contribution in [3.8, 4) is 17.2 Å². The second-order valence-electron chi connectivity index (χ2n) is 5.68. The van der Waals surface area contributed by atoms with Gasteiger partial charge in [0.15, 0.2) is 11.5 Å². The lowest BCUT2D eigenvalue weighted by molar-refractivity contribution is 0.0987. The Morgan fingerprint density at radius 2 is 2.04 bits per heavy atom. The van der Waals surface area contributed by atoms with Crippen LogP contribution in [-0.2, 0) is 6.42 Å². The van der Waals surface area contributed by atoms with Gasteiger partial charge in [-0.25, -0.2) is 0 Å². The molecular weight excluding hydrogens is 374 g/mol. The van der Waals surface area contributed by atoms with Gasteiger partial charge < -0.3 is 19.1 Å². The molecule has 2 aliphatic heterocycles. The largest absolute Gasteiger partial charge is 0.493 e. The highest BCUT2D eigenvalue weighted by molar-refractivity contribution is 9.10. The van der Waals surface area contributed by atoms with Crippen LogP contribution in [0, 0.1) is 0 Å². The molecule has 2 aliphatic rings. The van der Waals surface area contributed by atoms with Gasteiger partial charge >= 0.3 is 0 Å². The third-order valence-corrected chi connectivity index (χ3v) is 4.75. The zero-order valence-electron chi connectivity index (χ0n) is 13.2. The number of fused-ring (bicyclic) bond motifs is 2. The Hall–Kier alpha value is -2.21. The molecule has 0 saturated carbocycles. The van der Waals surface area contributed by atoms with Crippen LogP contribution in [0.5, 0.6) is 17.2 Å². The van der Waals surface area contributed by atoms with Crippen LogP contribution in [0.4, 0.5) is 5.69 Å². The minimum Gasteiger partial charge on any atom is -0.493 e. The summed E-state index contributed by atoms with van der Waals surface area (Å²) in [7, 11) is 1.56. The number of nitrogens with zero attached hydrogens (tertiary/aromatic N) is 1. The van der Waals surface area contributed by atoms with Gasteiger partial charge in [-0.05, 0) is 42.3 Å². The van der Waals surface area contributed by atoms with E-state index in [1.807, 2.05) is 12.1 Å². The normalized spacial score (nSPS) is 15.2. The Balaban J connectivity index is 1.71. The van der Waals surface area contributed by atoms with Gasteiger partial charge in [-0.3, -0.25) is 4.79 Å². The molecule has 2 aromatic rings. The lowest BCUT2D eigenvalue weighted by Crippen LogP contribution is -2.29. The first-order chi connectivity index (χ1) is 11.7. The van der Waals surface area contributed by atoms with Crippen LogP contribution in [0.15, 0.2) is 34.8 Å². The van der Waals surface area contributed by atoms with Gasteiger partial charge in [-0.1, -0.05) is 15.9 Å². The van der Waals surface area contributed by atoms with Crippen molar-refractivity contribution < 1.29 is 19.0 Å². The number of ether oxygens (including phenoxy) is 3. The van der Waals surface area contributed by atoms with Gasteiger partial charge in [-0.2, -0.15) is 0 Å². The Bertz CT molecular complexity index is 804. The summed E-state index contributed by atoms with van der Waals surface area (Å²) in [6, 6.07) is 9.43. The summed E-state index contributed by atoms with van der Waals surface area (Å²) < 4.78 is 17.6. The fourth-order valence-corrected chi connectivity index (χ4v) is 3.54. The van der Waals surface area contributed by atoms with Crippen molar-refractivity contribution in [3.05, 3.63) is 45.9 Å². The fourth-order valence-electron chi connectivity index (χ4n) is 3.13. The molecule has 0 atom stereocenters. The van der Waals surface area contributed by atoms with Gasteiger partial charge in [0.1, 0.15) is 13.2 Å². The summed E-state index contributed by atoms with van der Waals surface area (Å²) in [6.45, 7) is 1.61. The molecule has 0 N–H and O–H groups in total. The number of hydrogen-bond acceptors (Lipinski definition) is 4. The van der Waals surface area contributed by atoms with Crippen LogP contribution in [0.1, 0.15) is 15.9 Å². The molecule has 0 aliphatic carbocycles. The maximum absolute atomic E-state index is 13.0. The zero-order chi connectivity index (χ0) is 16.7. The van der Waals surface area contributed by atoms with E-state index in [-0.39, 0.29) is 5.91 Å². The number of hydrogen-bond donors (Lipinski definition) is 0. The maximum atomic E-state index is 13.0. The number of amides is 1. The minimum atomic E-state index is -0.0636. The van der Waals surface area contributed by atoms with Gasteiger partial charge in [0.2, 0.25) is 5.75 Å². The Morgan fingerprint density at radius 1 is 1.21 bits per heavy atom. The molecule has 2 aromatic carbocycles. The van der Waals surface area contributed by atoms with E-state index < -0.39 is 0 Å². The van der Waals surface area contributed by atoms with Crippen LogP contribution < -0.4 is 19.1 Å². The molecule has 0 aromatic heterocycles. The lowest BCUT2D eigenvalue weighted by Gasteiger charge is -2.23. The molecule has 0 fully saturated rings. The van der Waals surface area contributed by atoms with Crippen LogP contribution in [0.3, 0.4) is 0 Å². The van der Waals surface area contributed by atoms with Crippen molar-refractivity contribution in [3.63, 3.8) is 0 Å². The molecule has 6 heteroatoms. The predicted molar refractivity (Wildman–Crippen MR) is 93.5 cm³/mol. The second-order valence-corrected chi connectivity index (χ2v) is 6.60. The van der Waals surface area contributed by atoms with E-state index in [0.29, 0.717) is 42.6 Å². The first kappa shape index (κ1) is 15.3. The molecule has 0 unspecified atom stereocenters. The summed E-state index contributed by atoms with van der Waals surface area (Å²) >= 11 is 3.48. The predicted octanol–water partition coefficient (Wildman–Crippen LogP) is 3.43. The molecule has 0 saturated heterocycles. The Labute approximate surface area is 148 Å². The maximum Gasteiger partial charge on any atom is 0.258 e. The van der Waals surface area contributed by atoms with Crippen molar-refractivity contribution in [2.24, 2.45) is 0 Å². The summed E-state index contributed by atoms with van der Waals surface area (Å²) in [5, 5.41) is 0. The minimum absolute atomic E-state index is 0.0636. The van der Waals surface area contributed by atoms with E-state index in [9.17, 15) is 4.79 Å². The molecule has 0 spiro atoms. The van der Waals surface area contributed by atoms with Gasteiger partial charge in [0.25, 0.3) is 5.91 Å². The standard InChI is InChI=1S/C18H16BrNO4/c1-22-15-9-12(10-16-17(15)24-7-6-23-16)18(21)20-5-4-11-8-13(19)2-3-14(11)20/h2-3,8-10H,4-7H2,1H3. The Morgan fingerprint density at radius 3 is 2.88 bits per heavy atom. The quantitative estimate of drug-likeness (QED) is 0.789. The van der Waals surface area contributed by atoms with Crippen LogP contribution in [-0.4, -0.2) is 32.8 Å². The van der Waals surface area contributed by atoms with Crippen molar-refractivity contribution in [1.82, 2.24) is 0 Å². The third kappa shape index (κ3) is 2.51.